The van der Waals surface area contributed by atoms with Crippen LogP contribution in [0.5, 0.6) is 0 Å². The highest BCUT2D eigenvalue weighted by Gasteiger charge is 2.53. The molecule has 0 aliphatic carbocycles. The van der Waals surface area contributed by atoms with E-state index in [1.165, 1.54) is 12.1 Å². The average Bonchev–Trinajstić information content (AvgIpc) is 3.07. The number of anilines is 1. The first kappa shape index (κ1) is 15.5. The molecule has 2 bridgehead atoms. The molecule has 0 unspecified atom stereocenters. The molecular weight excluding hydrogens is 315 g/mol. The van der Waals surface area contributed by atoms with Gasteiger partial charge >= 0.3 is 12.1 Å². The molecule has 1 fully saturated rings. The summed E-state index contributed by atoms with van der Waals surface area (Å²) in [5.41, 5.74) is -0.935. The Bertz CT molecular complexity index is 686. The zero-order chi connectivity index (χ0) is 16.8. The van der Waals surface area contributed by atoms with Crippen molar-refractivity contribution < 1.29 is 32.6 Å². The van der Waals surface area contributed by atoms with Gasteiger partial charge in [-0.2, -0.15) is 13.2 Å². The lowest BCUT2D eigenvalue weighted by atomic mass is 9.82. The Balaban J connectivity index is 1.80. The Labute approximate surface area is 128 Å². The van der Waals surface area contributed by atoms with Crippen LogP contribution in [0, 0.1) is 11.8 Å². The van der Waals surface area contributed by atoms with Crippen LogP contribution in [0.4, 0.5) is 18.9 Å². The van der Waals surface area contributed by atoms with E-state index in [1.807, 2.05) is 0 Å². The number of ether oxygens (including phenoxy) is 1. The fourth-order valence-corrected chi connectivity index (χ4v) is 2.91. The van der Waals surface area contributed by atoms with E-state index in [9.17, 15) is 27.9 Å². The number of hydrogen-bond donors (Lipinski definition) is 2. The second-order valence-corrected chi connectivity index (χ2v) is 5.41. The smallest absolute Gasteiger partial charge is 0.416 e. The van der Waals surface area contributed by atoms with Crippen LogP contribution in [0.25, 0.3) is 0 Å². The van der Waals surface area contributed by atoms with Gasteiger partial charge in [0.2, 0.25) is 5.91 Å². The molecule has 0 aromatic heterocycles. The molecule has 0 spiro atoms. The number of hydrogen-bond acceptors (Lipinski definition) is 3. The summed E-state index contributed by atoms with van der Waals surface area (Å²) in [5.74, 6) is -3.87. The first-order valence-corrected chi connectivity index (χ1v) is 6.82. The molecular formula is C15H12F3NO4. The number of carbonyl (C=O) groups is 2. The normalized spacial score (nSPS) is 28.8. The van der Waals surface area contributed by atoms with E-state index in [1.54, 1.807) is 12.2 Å². The Morgan fingerprint density at radius 3 is 2.39 bits per heavy atom. The zero-order valence-corrected chi connectivity index (χ0v) is 11.6. The zero-order valence-electron chi connectivity index (χ0n) is 11.6. The van der Waals surface area contributed by atoms with E-state index in [0.29, 0.717) is 0 Å². The minimum atomic E-state index is -4.53. The van der Waals surface area contributed by atoms with Gasteiger partial charge in [0.15, 0.2) is 0 Å². The van der Waals surface area contributed by atoms with Crippen LogP contribution in [-0.4, -0.2) is 29.2 Å². The van der Waals surface area contributed by atoms with Crippen molar-refractivity contribution in [3.05, 3.63) is 42.0 Å². The number of fused-ring (bicyclic) bond motifs is 2. The number of carbonyl (C=O) groups excluding carboxylic acids is 1. The molecule has 23 heavy (non-hydrogen) atoms. The SMILES string of the molecule is O=C(O)[C@@H]1[C@H](C(=O)Nc2cccc(C(F)(F)F)c2)[C@@H]2C=C[C@H]1O2. The maximum Gasteiger partial charge on any atom is 0.416 e. The van der Waals surface area contributed by atoms with E-state index in [2.05, 4.69) is 5.32 Å². The minimum absolute atomic E-state index is 0.0410. The maximum absolute atomic E-state index is 12.7. The third-order valence-electron chi connectivity index (χ3n) is 3.94. The molecule has 1 saturated heterocycles. The van der Waals surface area contributed by atoms with Gasteiger partial charge in [-0.15, -0.1) is 0 Å². The second kappa shape index (κ2) is 5.38. The first-order valence-electron chi connectivity index (χ1n) is 6.82. The third kappa shape index (κ3) is 2.81. The Kier molecular flexibility index (Phi) is 3.63. The lowest BCUT2D eigenvalue weighted by molar-refractivity contribution is -0.145. The quantitative estimate of drug-likeness (QED) is 0.835. The number of benzene rings is 1. The van der Waals surface area contributed by atoms with Crippen molar-refractivity contribution in [2.24, 2.45) is 11.8 Å². The van der Waals surface area contributed by atoms with Crippen LogP contribution in [0.15, 0.2) is 36.4 Å². The molecule has 1 amide bonds. The molecule has 1 aromatic rings. The fourth-order valence-electron chi connectivity index (χ4n) is 2.91. The summed E-state index contributed by atoms with van der Waals surface area (Å²) >= 11 is 0. The Hall–Kier alpha value is -2.35. The van der Waals surface area contributed by atoms with E-state index in [-0.39, 0.29) is 5.69 Å². The Morgan fingerprint density at radius 1 is 1.13 bits per heavy atom. The van der Waals surface area contributed by atoms with Gasteiger partial charge in [0, 0.05) is 5.69 Å². The molecule has 1 aromatic carbocycles. The number of rotatable bonds is 3. The number of amides is 1. The van der Waals surface area contributed by atoms with Gasteiger partial charge in [0.25, 0.3) is 0 Å². The summed E-state index contributed by atoms with van der Waals surface area (Å²) in [6.07, 6.45) is -2.71. The predicted octanol–water partition coefficient (Wildman–Crippen LogP) is 2.30. The molecule has 8 heteroatoms. The molecule has 0 radical (unpaired) electrons. The summed E-state index contributed by atoms with van der Waals surface area (Å²) in [5, 5.41) is 11.6. The molecule has 2 N–H and O–H groups in total. The molecule has 122 valence electrons. The lowest BCUT2D eigenvalue weighted by Crippen LogP contribution is -2.39. The molecule has 2 aliphatic heterocycles. The van der Waals surface area contributed by atoms with Crippen molar-refractivity contribution in [1.82, 2.24) is 0 Å². The third-order valence-corrected chi connectivity index (χ3v) is 3.94. The standard InChI is InChI=1S/C15H12F3NO4/c16-15(17,18)7-2-1-3-8(6-7)19-13(20)11-9-4-5-10(23-9)12(11)14(21)22/h1-6,9-12H,(H,19,20)(H,21,22)/t9-,10+,11+,12-/m0/s1. The van der Waals surface area contributed by atoms with Crippen molar-refractivity contribution in [2.75, 3.05) is 5.32 Å². The van der Waals surface area contributed by atoms with Crippen molar-refractivity contribution in [2.45, 2.75) is 18.4 Å². The van der Waals surface area contributed by atoms with Crippen LogP contribution in [-0.2, 0) is 20.5 Å². The van der Waals surface area contributed by atoms with Crippen molar-refractivity contribution in [3.8, 4) is 0 Å². The van der Waals surface area contributed by atoms with Gasteiger partial charge in [-0.25, -0.2) is 0 Å². The average molecular weight is 327 g/mol. The van der Waals surface area contributed by atoms with Crippen LogP contribution in [0.2, 0.25) is 0 Å². The topological polar surface area (TPSA) is 75.6 Å². The summed E-state index contributed by atoms with van der Waals surface area (Å²) < 4.78 is 43.4. The molecule has 4 atom stereocenters. The van der Waals surface area contributed by atoms with Gasteiger partial charge in [0.1, 0.15) is 5.92 Å². The van der Waals surface area contributed by atoms with Gasteiger partial charge in [-0.1, -0.05) is 18.2 Å². The van der Waals surface area contributed by atoms with Crippen LogP contribution in [0.1, 0.15) is 5.56 Å². The van der Waals surface area contributed by atoms with Gasteiger partial charge in [0.05, 0.1) is 23.7 Å². The van der Waals surface area contributed by atoms with Crippen molar-refractivity contribution in [3.63, 3.8) is 0 Å². The number of alkyl halides is 3. The van der Waals surface area contributed by atoms with Gasteiger partial charge < -0.3 is 15.2 Å². The molecule has 2 aliphatic rings. The summed E-state index contributed by atoms with van der Waals surface area (Å²) in [4.78, 5) is 23.6. The molecule has 5 nitrogen and oxygen atoms in total. The fraction of sp³-hybridized carbons (Fsp3) is 0.333. The monoisotopic (exact) mass is 327 g/mol. The summed E-state index contributed by atoms with van der Waals surface area (Å²) in [7, 11) is 0. The highest BCUT2D eigenvalue weighted by Crippen LogP contribution is 2.40. The van der Waals surface area contributed by atoms with Crippen LogP contribution < -0.4 is 5.32 Å². The molecule has 3 rings (SSSR count). The van der Waals surface area contributed by atoms with Crippen LogP contribution >= 0.6 is 0 Å². The number of halogens is 3. The number of carboxylic acid groups (broad SMARTS) is 1. The van der Waals surface area contributed by atoms with Gasteiger partial charge in [-0.3, -0.25) is 9.59 Å². The number of aliphatic carboxylic acids is 1. The Morgan fingerprint density at radius 2 is 1.78 bits per heavy atom. The van der Waals surface area contributed by atoms with E-state index in [4.69, 9.17) is 4.74 Å². The molecule has 2 heterocycles. The van der Waals surface area contributed by atoms with Gasteiger partial charge in [-0.05, 0) is 18.2 Å². The largest absolute Gasteiger partial charge is 0.481 e. The molecule has 0 saturated carbocycles. The highest BCUT2D eigenvalue weighted by atomic mass is 19.4. The number of carboxylic acids is 1. The summed E-state index contributed by atoms with van der Waals surface area (Å²) in [6.45, 7) is 0. The summed E-state index contributed by atoms with van der Waals surface area (Å²) in [6, 6.07) is 4.17. The lowest BCUT2D eigenvalue weighted by Gasteiger charge is -2.21. The predicted molar refractivity (Wildman–Crippen MR) is 72.5 cm³/mol. The van der Waals surface area contributed by atoms with E-state index < -0.39 is 47.7 Å². The second-order valence-electron chi connectivity index (χ2n) is 5.41. The van der Waals surface area contributed by atoms with Crippen molar-refractivity contribution >= 4 is 17.6 Å². The highest BCUT2D eigenvalue weighted by molar-refractivity contribution is 5.96. The van der Waals surface area contributed by atoms with E-state index >= 15 is 0 Å². The maximum atomic E-state index is 12.7. The van der Waals surface area contributed by atoms with Crippen molar-refractivity contribution in [1.29, 1.82) is 0 Å². The van der Waals surface area contributed by atoms with Crippen LogP contribution in [0.3, 0.4) is 0 Å². The minimum Gasteiger partial charge on any atom is -0.481 e. The van der Waals surface area contributed by atoms with E-state index in [0.717, 1.165) is 12.1 Å². The number of nitrogens with one attached hydrogen (secondary N) is 1. The first-order chi connectivity index (χ1) is 10.8.